The van der Waals surface area contributed by atoms with Crippen LogP contribution in [0.1, 0.15) is 13.3 Å². The number of ether oxygens (including phenoxy) is 2. The van der Waals surface area contributed by atoms with Crippen LogP contribution in [0.4, 0.5) is 0 Å². The fourth-order valence-electron chi connectivity index (χ4n) is 1.46. The predicted molar refractivity (Wildman–Crippen MR) is 78.4 cm³/mol. The Balaban J connectivity index is 2.69. The first-order chi connectivity index (χ1) is 9.33. The molecule has 19 heavy (non-hydrogen) atoms. The van der Waals surface area contributed by atoms with Gasteiger partial charge >= 0.3 is 0 Å². The van der Waals surface area contributed by atoms with Gasteiger partial charge < -0.3 is 14.7 Å². The van der Waals surface area contributed by atoms with Gasteiger partial charge in [0.15, 0.2) is 11.5 Å². The molecule has 0 unspecified atom stereocenters. The van der Waals surface area contributed by atoms with Gasteiger partial charge in [0, 0.05) is 6.54 Å². The van der Waals surface area contributed by atoms with E-state index in [9.17, 15) is 0 Å². The van der Waals surface area contributed by atoms with Crippen molar-refractivity contribution in [1.29, 1.82) is 0 Å². The normalized spacial score (nSPS) is 10.9. The lowest BCUT2D eigenvalue weighted by Crippen LogP contribution is -2.06. The molecule has 106 valence electrons. The molecule has 4 nitrogen and oxygen atoms in total. The summed E-state index contributed by atoms with van der Waals surface area (Å²) in [5, 5.41) is 8.43. The third-order valence-corrected chi connectivity index (χ3v) is 3.09. The topological polar surface area (TPSA) is 50.7 Å². The third-order valence-electron chi connectivity index (χ3n) is 2.32. The first kappa shape index (κ1) is 15.9. The van der Waals surface area contributed by atoms with Crippen LogP contribution in [0.25, 0.3) is 0 Å². The van der Waals surface area contributed by atoms with E-state index >= 15 is 0 Å². The summed E-state index contributed by atoms with van der Waals surface area (Å²) in [6.45, 7) is 3.61. The quantitative estimate of drug-likeness (QED) is 0.414. The minimum atomic E-state index is 0.410. The van der Waals surface area contributed by atoms with Gasteiger partial charge in [0.1, 0.15) is 6.61 Å². The molecule has 0 saturated carbocycles. The Labute approximate surface area is 118 Å². The van der Waals surface area contributed by atoms with Crippen LogP contribution in [0.3, 0.4) is 0 Å². The van der Waals surface area contributed by atoms with Crippen LogP contribution in [0.15, 0.2) is 35.2 Å². The van der Waals surface area contributed by atoms with E-state index < -0.39 is 0 Å². The number of hydrogen-bond acceptors (Lipinski definition) is 5. The molecule has 0 aliphatic heterocycles. The van der Waals surface area contributed by atoms with Crippen LogP contribution in [0, 0.1) is 0 Å². The van der Waals surface area contributed by atoms with Crippen LogP contribution in [-0.2, 0) is 0 Å². The van der Waals surface area contributed by atoms with E-state index in [0.29, 0.717) is 19.8 Å². The molecule has 1 aromatic carbocycles. The van der Waals surface area contributed by atoms with Crippen molar-refractivity contribution < 1.29 is 14.7 Å². The highest BCUT2D eigenvalue weighted by molar-refractivity contribution is 7.98. The zero-order chi connectivity index (χ0) is 13.9. The zero-order valence-electron chi connectivity index (χ0n) is 11.4. The van der Waals surface area contributed by atoms with E-state index in [1.54, 1.807) is 17.8 Å². The maximum absolute atomic E-state index is 8.43. The molecule has 0 bridgehead atoms. The summed E-state index contributed by atoms with van der Waals surface area (Å²) in [5.41, 5.74) is 2.05. The Kier molecular flexibility index (Phi) is 8.13. The number of benzene rings is 1. The lowest BCUT2D eigenvalue weighted by molar-refractivity contribution is 0.179. The van der Waals surface area contributed by atoms with Gasteiger partial charge in [0.05, 0.1) is 11.5 Å². The van der Waals surface area contributed by atoms with Gasteiger partial charge in [0.25, 0.3) is 0 Å². The Bertz CT molecular complexity index is 396. The second-order valence-electron chi connectivity index (χ2n) is 3.78. The van der Waals surface area contributed by atoms with Crippen molar-refractivity contribution in [2.45, 2.75) is 18.2 Å². The van der Waals surface area contributed by atoms with Crippen molar-refractivity contribution in [2.75, 3.05) is 26.0 Å². The summed E-state index contributed by atoms with van der Waals surface area (Å²) >= 11 is 1.64. The number of nitrogens with one attached hydrogen (secondary N) is 1. The zero-order valence-corrected chi connectivity index (χ0v) is 12.2. The van der Waals surface area contributed by atoms with Crippen molar-refractivity contribution >= 4 is 11.8 Å². The molecular weight excluding hydrogens is 262 g/mol. The highest BCUT2D eigenvalue weighted by Gasteiger charge is 2.09. The SMILES string of the molecule is CCCOc1c(OC/C=C/CNO)cccc1SC. The molecule has 0 fully saturated rings. The Hall–Kier alpha value is -1.17. The smallest absolute Gasteiger partial charge is 0.174 e. The molecule has 5 heteroatoms. The second kappa shape index (κ2) is 9.72. The van der Waals surface area contributed by atoms with E-state index in [-0.39, 0.29) is 0 Å². The van der Waals surface area contributed by atoms with Gasteiger partial charge in [-0.1, -0.05) is 25.1 Å². The van der Waals surface area contributed by atoms with Gasteiger partial charge in [-0.2, -0.15) is 0 Å². The number of hydrogen-bond donors (Lipinski definition) is 2. The average molecular weight is 283 g/mol. The summed E-state index contributed by atoms with van der Waals surface area (Å²) in [5.74, 6) is 1.56. The maximum Gasteiger partial charge on any atom is 0.174 e. The van der Waals surface area contributed by atoms with Gasteiger partial charge in [-0.05, 0) is 24.8 Å². The van der Waals surface area contributed by atoms with E-state index in [0.717, 1.165) is 22.8 Å². The molecular formula is C14H21NO3S. The van der Waals surface area contributed by atoms with Crippen LogP contribution in [0.5, 0.6) is 11.5 Å². The molecule has 0 heterocycles. The molecule has 0 aliphatic rings. The summed E-state index contributed by atoms with van der Waals surface area (Å²) in [7, 11) is 0. The van der Waals surface area contributed by atoms with E-state index in [2.05, 4.69) is 12.4 Å². The summed E-state index contributed by atoms with van der Waals surface area (Å²) in [6.07, 6.45) is 6.62. The predicted octanol–water partition coefficient (Wildman–Crippen LogP) is 3.11. The van der Waals surface area contributed by atoms with Gasteiger partial charge in [-0.25, -0.2) is 5.48 Å². The van der Waals surface area contributed by atoms with Crippen molar-refractivity contribution in [2.24, 2.45) is 0 Å². The standard InChI is InChI=1S/C14H21NO3S/c1-3-10-18-14-12(7-6-8-13(14)19-2)17-11-5-4-9-15-16/h4-8,15-16H,3,9-11H2,1-2H3/b5-4+. The molecule has 1 rings (SSSR count). The fraction of sp³-hybridized carbons (Fsp3) is 0.429. The first-order valence-electron chi connectivity index (χ1n) is 6.28. The Morgan fingerprint density at radius 2 is 2.16 bits per heavy atom. The number of hydroxylamine groups is 1. The minimum absolute atomic E-state index is 0.410. The van der Waals surface area contributed by atoms with Crippen molar-refractivity contribution in [1.82, 2.24) is 5.48 Å². The second-order valence-corrected chi connectivity index (χ2v) is 4.63. The fourth-order valence-corrected chi connectivity index (χ4v) is 2.02. The molecule has 0 amide bonds. The summed E-state index contributed by atoms with van der Waals surface area (Å²) in [6, 6.07) is 5.88. The Morgan fingerprint density at radius 3 is 2.84 bits per heavy atom. The van der Waals surface area contributed by atoms with Crippen molar-refractivity contribution in [3.05, 3.63) is 30.4 Å². The summed E-state index contributed by atoms with van der Waals surface area (Å²) in [4.78, 5) is 1.08. The summed E-state index contributed by atoms with van der Waals surface area (Å²) < 4.78 is 11.5. The van der Waals surface area contributed by atoms with Crippen LogP contribution in [-0.4, -0.2) is 31.2 Å². The minimum Gasteiger partial charge on any atom is -0.489 e. The molecule has 0 saturated heterocycles. The van der Waals surface area contributed by atoms with Crippen LogP contribution < -0.4 is 15.0 Å². The first-order valence-corrected chi connectivity index (χ1v) is 7.50. The lowest BCUT2D eigenvalue weighted by atomic mass is 10.3. The number of rotatable bonds is 9. The van der Waals surface area contributed by atoms with Crippen LogP contribution >= 0.6 is 11.8 Å². The molecule has 0 spiro atoms. The third kappa shape index (κ3) is 5.55. The van der Waals surface area contributed by atoms with Crippen molar-refractivity contribution in [3.8, 4) is 11.5 Å². The van der Waals surface area contributed by atoms with Crippen molar-refractivity contribution in [3.63, 3.8) is 0 Å². The van der Waals surface area contributed by atoms with Crippen LogP contribution in [0.2, 0.25) is 0 Å². The maximum atomic E-state index is 8.43. The number of thioether (sulfide) groups is 1. The van der Waals surface area contributed by atoms with Gasteiger partial charge in [0.2, 0.25) is 0 Å². The molecule has 0 radical (unpaired) electrons. The highest BCUT2D eigenvalue weighted by atomic mass is 32.2. The Morgan fingerprint density at radius 1 is 1.32 bits per heavy atom. The monoisotopic (exact) mass is 283 g/mol. The molecule has 2 N–H and O–H groups in total. The van der Waals surface area contributed by atoms with Gasteiger partial charge in [-0.3, -0.25) is 0 Å². The average Bonchev–Trinajstić information content (AvgIpc) is 2.45. The van der Waals surface area contributed by atoms with E-state index in [1.807, 2.05) is 30.5 Å². The van der Waals surface area contributed by atoms with E-state index in [4.69, 9.17) is 14.7 Å². The molecule has 1 aromatic rings. The number of para-hydroxylation sites is 1. The highest BCUT2D eigenvalue weighted by Crippen LogP contribution is 2.36. The largest absolute Gasteiger partial charge is 0.489 e. The molecule has 0 aromatic heterocycles. The molecule has 0 aliphatic carbocycles. The lowest BCUT2D eigenvalue weighted by Gasteiger charge is -2.14. The van der Waals surface area contributed by atoms with E-state index in [1.165, 1.54) is 0 Å². The molecule has 0 atom stereocenters. The van der Waals surface area contributed by atoms with Gasteiger partial charge in [-0.15, -0.1) is 11.8 Å².